The number of aliphatic carboxylic acids is 1. The molecule has 22 heavy (non-hydrogen) atoms. The highest BCUT2D eigenvalue weighted by molar-refractivity contribution is 5.79. The molecule has 1 unspecified atom stereocenters. The largest absolute Gasteiger partial charge is 0.481 e. The molecule has 1 N–H and O–H groups in total. The van der Waals surface area contributed by atoms with Gasteiger partial charge in [-0.15, -0.1) is 0 Å². The van der Waals surface area contributed by atoms with E-state index in [-0.39, 0.29) is 17.7 Å². The molecule has 0 aromatic rings. The molecular weight excluding hydrogens is 278 g/mol. The molecule has 3 fully saturated rings. The zero-order chi connectivity index (χ0) is 15.7. The molecule has 0 aromatic carbocycles. The van der Waals surface area contributed by atoms with Crippen molar-refractivity contribution in [3.8, 4) is 0 Å². The second-order valence-electron chi connectivity index (χ2n) is 7.82. The highest BCUT2D eigenvalue weighted by atomic mass is 16.4. The average molecular weight is 307 g/mol. The Bertz CT molecular complexity index is 426. The van der Waals surface area contributed by atoms with Crippen LogP contribution in [-0.4, -0.2) is 35.0 Å². The number of amides is 1. The van der Waals surface area contributed by atoms with Crippen molar-refractivity contribution in [2.24, 2.45) is 29.6 Å². The third kappa shape index (κ3) is 3.47. The fourth-order valence-corrected chi connectivity index (χ4v) is 4.57. The Labute approximate surface area is 133 Å². The van der Waals surface area contributed by atoms with Gasteiger partial charge in [0.15, 0.2) is 0 Å². The normalized spacial score (nSPS) is 31.2. The Morgan fingerprint density at radius 3 is 2.36 bits per heavy atom. The fourth-order valence-electron chi connectivity index (χ4n) is 4.57. The van der Waals surface area contributed by atoms with Gasteiger partial charge in [-0.2, -0.15) is 0 Å². The van der Waals surface area contributed by atoms with E-state index in [2.05, 4.69) is 6.92 Å². The monoisotopic (exact) mass is 307 g/mol. The Balaban J connectivity index is 1.54. The second-order valence-corrected chi connectivity index (χ2v) is 7.82. The smallest absolute Gasteiger partial charge is 0.308 e. The average Bonchev–Trinajstić information content (AvgIpc) is 3.26. The minimum Gasteiger partial charge on any atom is -0.481 e. The molecule has 0 spiro atoms. The summed E-state index contributed by atoms with van der Waals surface area (Å²) in [6.07, 6.45) is 9.37. The summed E-state index contributed by atoms with van der Waals surface area (Å²) < 4.78 is 0. The van der Waals surface area contributed by atoms with E-state index in [4.69, 9.17) is 0 Å². The van der Waals surface area contributed by atoms with Crippen LogP contribution in [0.3, 0.4) is 0 Å². The van der Waals surface area contributed by atoms with Crippen molar-refractivity contribution in [1.82, 2.24) is 4.90 Å². The molecule has 3 atom stereocenters. The van der Waals surface area contributed by atoms with Crippen LogP contribution in [0.1, 0.15) is 58.3 Å². The van der Waals surface area contributed by atoms with E-state index in [1.54, 1.807) is 0 Å². The summed E-state index contributed by atoms with van der Waals surface area (Å²) in [5.74, 6) is 1.02. The molecule has 0 bridgehead atoms. The Morgan fingerprint density at radius 1 is 1.09 bits per heavy atom. The first-order valence-electron chi connectivity index (χ1n) is 9.07. The van der Waals surface area contributed by atoms with E-state index in [1.807, 2.05) is 4.90 Å². The number of nitrogens with zero attached hydrogens (tertiary/aromatic N) is 1. The number of likely N-dealkylation sites (tertiary alicyclic amines) is 1. The number of carbonyl (C=O) groups is 2. The predicted molar refractivity (Wildman–Crippen MR) is 84.3 cm³/mol. The zero-order valence-corrected chi connectivity index (χ0v) is 13.7. The first kappa shape index (κ1) is 15.8. The Hall–Kier alpha value is -1.06. The van der Waals surface area contributed by atoms with Crippen molar-refractivity contribution < 1.29 is 14.7 Å². The van der Waals surface area contributed by atoms with Crippen molar-refractivity contribution in [3.05, 3.63) is 0 Å². The first-order valence-corrected chi connectivity index (χ1v) is 9.07. The summed E-state index contributed by atoms with van der Waals surface area (Å²) in [7, 11) is 0. The molecule has 1 heterocycles. The van der Waals surface area contributed by atoms with E-state index in [9.17, 15) is 14.7 Å². The van der Waals surface area contributed by atoms with Gasteiger partial charge < -0.3 is 10.0 Å². The van der Waals surface area contributed by atoms with Gasteiger partial charge in [0, 0.05) is 19.5 Å². The van der Waals surface area contributed by atoms with Gasteiger partial charge in [-0.1, -0.05) is 39.0 Å². The zero-order valence-electron chi connectivity index (χ0n) is 13.7. The molecule has 1 amide bonds. The van der Waals surface area contributed by atoms with E-state index < -0.39 is 5.97 Å². The second kappa shape index (κ2) is 6.59. The van der Waals surface area contributed by atoms with Gasteiger partial charge in [0.25, 0.3) is 0 Å². The first-order chi connectivity index (χ1) is 10.6. The lowest BCUT2D eigenvalue weighted by molar-refractivity contribution is -0.142. The van der Waals surface area contributed by atoms with Crippen LogP contribution in [-0.2, 0) is 9.59 Å². The van der Waals surface area contributed by atoms with Crippen LogP contribution >= 0.6 is 0 Å². The molecular formula is C18H29NO3. The summed E-state index contributed by atoms with van der Waals surface area (Å²) in [5.41, 5.74) is 0. The molecule has 1 aliphatic heterocycles. The van der Waals surface area contributed by atoms with Crippen molar-refractivity contribution in [1.29, 1.82) is 0 Å². The SMILES string of the molecule is CC(CC(=O)N1C[C@H](C(=O)O)[C@@H](C2CC2)C1)C1CCCCC1. The van der Waals surface area contributed by atoms with Crippen LogP contribution in [0, 0.1) is 29.6 Å². The minimum atomic E-state index is -0.715. The summed E-state index contributed by atoms with van der Waals surface area (Å²) in [6.45, 7) is 3.32. The van der Waals surface area contributed by atoms with Crippen LogP contribution in [0.4, 0.5) is 0 Å². The molecule has 2 saturated carbocycles. The quantitative estimate of drug-likeness (QED) is 0.849. The maximum absolute atomic E-state index is 12.6. The number of carbonyl (C=O) groups excluding carboxylic acids is 1. The lowest BCUT2D eigenvalue weighted by Gasteiger charge is -2.28. The molecule has 0 radical (unpaired) electrons. The summed E-state index contributed by atoms with van der Waals surface area (Å²) >= 11 is 0. The maximum atomic E-state index is 12.6. The van der Waals surface area contributed by atoms with Crippen molar-refractivity contribution in [3.63, 3.8) is 0 Å². The summed E-state index contributed by atoms with van der Waals surface area (Å²) in [4.78, 5) is 25.9. The summed E-state index contributed by atoms with van der Waals surface area (Å²) in [6, 6.07) is 0. The topological polar surface area (TPSA) is 57.6 Å². The van der Waals surface area contributed by atoms with E-state index in [1.165, 1.54) is 32.1 Å². The Kier molecular flexibility index (Phi) is 4.74. The van der Waals surface area contributed by atoms with Gasteiger partial charge in [0.05, 0.1) is 5.92 Å². The number of carboxylic acids is 1. The molecule has 0 aromatic heterocycles. The highest BCUT2D eigenvalue weighted by Crippen LogP contribution is 2.44. The van der Waals surface area contributed by atoms with Crippen LogP contribution in [0.15, 0.2) is 0 Å². The minimum absolute atomic E-state index is 0.187. The molecule has 4 nitrogen and oxygen atoms in total. The molecule has 124 valence electrons. The third-order valence-corrected chi connectivity index (χ3v) is 6.21. The number of rotatable bonds is 5. The van der Waals surface area contributed by atoms with Gasteiger partial charge >= 0.3 is 5.97 Å². The molecule has 3 aliphatic rings. The lowest BCUT2D eigenvalue weighted by atomic mass is 9.79. The van der Waals surface area contributed by atoms with Crippen LogP contribution in [0.25, 0.3) is 0 Å². The van der Waals surface area contributed by atoms with Crippen molar-refractivity contribution in [2.45, 2.75) is 58.3 Å². The van der Waals surface area contributed by atoms with Crippen LogP contribution in [0.2, 0.25) is 0 Å². The van der Waals surface area contributed by atoms with Crippen molar-refractivity contribution in [2.75, 3.05) is 13.1 Å². The van der Waals surface area contributed by atoms with Crippen LogP contribution in [0.5, 0.6) is 0 Å². The maximum Gasteiger partial charge on any atom is 0.308 e. The number of hydrogen-bond acceptors (Lipinski definition) is 2. The van der Waals surface area contributed by atoms with Gasteiger partial charge in [-0.3, -0.25) is 9.59 Å². The number of carboxylic acid groups (broad SMARTS) is 1. The molecule has 1 saturated heterocycles. The Morgan fingerprint density at radius 2 is 1.77 bits per heavy atom. The van der Waals surface area contributed by atoms with Gasteiger partial charge in [0.2, 0.25) is 5.91 Å². The molecule has 3 rings (SSSR count). The number of hydrogen-bond donors (Lipinski definition) is 1. The van der Waals surface area contributed by atoms with E-state index in [0.717, 1.165) is 12.8 Å². The van der Waals surface area contributed by atoms with Crippen LogP contribution < -0.4 is 0 Å². The van der Waals surface area contributed by atoms with E-state index in [0.29, 0.717) is 37.3 Å². The lowest BCUT2D eigenvalue weighted by Crippen LogP contribution is -2.32. The molecule has 2 aliphatic carbocycles. The standard InChI is InChI=1S/C18H29NO3/c1-12(13-5-3-2-4-6-13)9-17(20)19-10-15(14-7-8-14)16(11-19)18(21)22/h12-16H,2-11H2,1H3,(H,21,22)/t12?,15-,16+/m1/s1. The van der Waals surface area contributed by atoms with Gasteiger partial charge in [0.1, 0.15) is 0 Å². The predicted octanol–water partition coefficient (Wildman–Crippen LogP) is 3.16. The third-order valence-electron chi connectivity index (χ3n) is 6.21. The fraction of sp³-hybridized carbons (Fsp3) is 0.889. The highest BCUT2D eigenvalue weighted by Gasteiger charge is 2.46. The summed E-state index contributed by atoms with van der Waals surface area (Å²) in [5, 5.41) is 9.41. The van der Waals surface area contributed by atoms with E-state index >= 15 is 0 Å². The molecule has 4 heteroatoms. The van der Waals surface area contributed by atoms with Gasteiger partial charge in [-0.05, 0) is 36.5 Å². The van der Waals surface area contributed by atoms with Crippen molar-refractivity contribution >= 4 is 11.9 Å². The van der Waals surface area contributed by atoms with Gasteiger partial charge in [-0.25, -0.2) is 0 Å².